The number of ether oxygens (including phenoxy) is 1. The zero-order valence-corrected chi connectivity index (χ0v) is 13.8. The Bertz CT molecular complexity index is 518. The molecule has 0 heterocycles. The summed E-state index contributed by atoms with van der Waals surface area (Å²) in [6.07, 6.45) is 4.07. The van der Waals surface area contributed by atoms with Crippen molar-refractivity contribution in [2.24, 2.45) is 5.92 Å². The molecule has 0 saturated heterocycles. The smallest absolute Gasteiger partial charge is 0.271 e. The van der Waals surface area contributed by atoms with Crippen LogP contribution in [0.4, 0.5) is 5.69 Å². The van der Waals surface area contributed by atoms with Crippen LogP contribution in [-0.4, -0.2) is 17.3 Å². The van der Waals surface area contributed by atoms with Crippen molar-refractivity contribution in [2.45, 2.75) is 25.7 Å². The zero-order valence-electron chi connectivity index (χ0n) is 10.6. The quantitative estimate of drug-likeness (QED) is 0.541. The summed E-state index contributed by atoms with van der Waals surface area (Å²) in [5, 5.41) is 10.7. The van der Waals surface area contributed by atoms with Gasteiger partial charge in [0.2, 0.25) is 0 Å². The predicted octanol–water partition coefficient (Wildman–Crippen LogP) is 4.26. The molecule has 1 saturated carbocycles. The molecule has 1 aromatic rings. The maximum Gasteiger partial charge on any atom is 0.271 e. The van der Waals surface area contributed by atoms with E-state index < -0.39 is 4.92 Å². The van der Waals surface area contributed by atoms with Gasteiger partial charge in [-0.05, 0) is 44.7 Å². The molecule has 1 aliphatic rings. The van der Waals surface area contributed by atoms with E-state index in [1.54, 1.807) is 0 Å². The highest BCUT2D eigenvalue weighted by Gasteiger charge is 2.24. The summed E-state index contributed by atoms with van der Waals surface area (Å²) in [6.45, 7) is -0.000320. The predicted molar refractivity (Wildman–Crippen MR) is 81.0 cm³/mol. The molecule has 0 aliphatic heterocycles. The van der Waals surface area contributed by atoms with Crippen LogP contribution < -0.4 is 4.74 Å². The fourth-order valence-electron chi connectivity index (χ4n) is 2.30. The van der Waals surface area contributed by atoms with Crippen LogP contribution in [0.1, 0.15) is 25.7 Å². The van der Waals surface area contributed by atoms with E-state index in [4.69, 9.17) is 4.74 Å². The molecule has 0 aromatic heterocycles. The van der Waals surface area contributed by atoms with Crippen molar-refractivity contribution in [3.63, 3.8) is 0 Å². The van der Waals surface area contributed by atoms with Gasteiger partial charge < -0.3 is 4.74 Å². The van der Waals surface area contributed by atoms with Crippen LogP contribution in [0, 0.1) is 16.0 Å². The third kappa shape index (κ3) is 3.58. The van der Waals surface area contributed by atoms with E-state index in [0.717, 1.165) is 25.7 Å². The number of hydrogen-bond acceptors (Lipinski definition) is 4. The van der Waals surface area contributed by atoms with Gasteiger partial charge in [-0.1, -0.05) is 12.8 Å². The van der Waals surface area contributed by atoms with E-state index in [1.165, 1.54) is 12.1 Å². The normalized spacial score (nSPS) is 15.3. The zero-order chi connectivity index (χ0) is 14.7. The SMILES string of the molecule is O=C(COc1c(Br)cc([N+](=O)[O-])cc1Br)C1CCCC1. The summed E-state index contributed by atoms with van der Waals surface area (Å²) < 4.78 is 6.42. The van der Waals surface area contributed by atoms with Crippen LogP contribution in [0.25, 0.3) is 0 Å². The summed E-state index contributed by atoms with van der Waals surface area (Å²) in [5.41, 5.74) is -0.0433. The van der Waals surface area contributed by atoms with Crippen LogP contribution in [0.5, 0.6) is 5.75 Å². The molecule has 1 aromatic carbocycles. The van der Waals surface area contributed by atoms with Crippen molar-refractivity contribution in [1.82, 2.24) is 0 Å². The molecule has 0 bridgehead atoms. The Hall–Kier alpha value is -0.950. The topological polar surface area (TPSA) is 69.4 Å². The van der Waals surface area contributed by atoms with Crippen molar-refractivity contribution in [3.05, 3.63) is 31.2 Å². The minimum absolute atomic E-state index is 0.000320. The molecule has 20 heavy (non-hydrogen) atoms. The number of non-ortho nitro benzene ring substituents is 1. The van der Waals surface area contributed by atoms with Crippen molar-refractivity contribution in [2.75, 3.05) is 6.61 Å². The maximum absolute atomic E-state index is 12.0. The third-order valence-electron chi connectivity index (χ3n) is 3.36. The molecule has 0 amide bonds. The number of nitro benzene ring substituents is 1. The summed E-state index contributed by atoms with van der Waals surface area (Å²) in [7, 11) is 0. The number of hydrogen-bond donors (Lipinski definition) is 0. The lowest BCUT2D eigenvalue weighted by atomic mass is 10.0. The highest BCUT2D eigenvalue weighted by atomic mass is 79.9. The Balaban J connectivity index is 2.05. The van der Waals surface area contributed by atoms with Gasteiger partial charge in [-0.25, -0.2) is 0 Å². The minimum Gasteiger partial charge on any atom is -0.483 e. The molecule has 108 valence electrons. The first-order chi connectivity index (χ1) is 9.49. The molecule has 1 fully saturated rings. The highest BCUT2D eigenvalue weighted by molar-refractivity contribution is 9.11. The average molecular weight is 407 g/mol. The number of rotatable bonds is 5. The first-order valence-electron chi connectivity index (χ1n) is 6.28. The van der Waals surface area contributed by atoms with Crippen LogP contribution in [-0.2, 0) is 4.79 Å². The second kappa shape index (κ2) is 6.67. The van der Waals surface area contributed by atoms with Crippen LogP contribution in [0.15, 0.2) is 21.1 Å². The molecule has 0 spiro atoms. The van der Waals surface area contributed by atoms with E-state index >= 15 is 0 Å². The van der Waals surface area contributed by atoms with E-state index in [-0.39, 0.29) is 24.0 Å². The number of nitrogens with zero attached hydrogens (tertiary/aromatic N) is 1. The summed E-state index contributed by atoms with van der Waals surface area (Å²) >= 11 is 6.46. The maximum atomic E-state index is 12.0. The fourth-order valence-corrected chi connectivity index (χ4v) is 3.69. The van der Waals surface area contributed by atoms with Gasteiger partial charge in [-0.15, -0.1) is 0 Å². The molecule has 0 N–H and O–H groups in total. The van der Waals surface area contributed by atoms with Gasteiger partial charge in [0.15, 0.2) is 5.78 Å². The lowest BCUT2D eigenvalue weighted by Gasteiger charge is -2.12. The second-order valence-electron chi connectivity index (χ2n) is 4.73. The molecule has 7 heteroatoms. The number of benzene rings is 1. The number of Topliss-reactive ketones (excluding diaryl/α,β-unsaturated/α-hetero) is 1. The molecular formula is C13H13Br2NO4. The molecule has 5 nitrogen and oxygen atoms in total. The van der Waals surface area contributed by atoms with Gasteiger partial charge in [0.05, 0.1) is 13.9 Å². The van der Waals surface area contributed by atoms with Crippen molar-refractivity contribution in [1.29, 1.82) is 0 Å². The van der Waals surface area contributed by atoms with Crippen LogP contribution in [0.3, 0.4) is 0 Å². The molecule has 2 rings (SSSR count). The lowest BCUT2D eigenvalue weighted by Crippen LogP contribution is -2.19. The lowest BCUT2D eigenvalue weighted by molar-refractivity contribution is -0.385. The van der Waals surface area contributed by atoms with E-state index in [0.29, 0.717) is 14.7 Å². The van der Waals surface area contributed by atoms with Gasteiger partial charge in [0.1, 0.15) is 12.4 Å². The number of nitro groups is 1. The molecule has 1 aliphatic carbocycles. The molecule has 0 atom stereocenters. The standard InChI is InChI=1S/C13H13Br2NO4/c14-10-5-9(16(18)19)6-11(15)13(10)20-7-12(17)8-3-1-2-4-8/h5-6,8H,1-4,7H2. The highest BCUT2D eigenvalue weighted by Crippen LogP contribution is 2.37. The molecule has 0 radical (unpaired) electrons. The van der Waals surface area contributed by atoms with Crippen molar-refractivity contribution >= 4 is 43.3 Å². The van der Waals surface area contributed by atoms with Gasteiger partial charge >= 0.3 is 0 Å². The third-order valence-corrected chi connectivity index (χ3v) is 4.54. The summed E-state index contributed by atoms with van der Waals surface area (Å²) in [6, 6.07) is 2.72. The van der Waals surface area contributed by atoms with Gasteiger partial charge in [-0.3, -0.25) is 14.9 Å². The first kappa shape index (κ1) is 15.4. The second-order valence-corrected chi connectivity index (χ2v) is 6.44. The monoisotopic (exact) mass is 405 g/mol. The van der Waals surface area contributed by atoms with Gasteiger partial charge in [0, 0.05) is 18.1 Å². The summed E-state index contributed by atoms with van der Waals surface area (Å²) in [5.74, 6) is 0.618. The molecule has 0 unspecified atom stereocenters. The largest absolute Gasteiger partial charge is 0.483 e. The number of carbonyl (C=O) groups excluding carboxylic acids is 1. The number of halogens is 2. The van der Waals surface area contributed by atoms with Crippen LogP contribution >= 0.6 is 31.9 Å². The Labute approximate surface area is 133 Å². The Morgan fingerprint density at radius 2 is 1.85 bits per heavy atom. The van der Waals surface area contributed by atoms with Crippen LogP contribution in [0.2, 0.25) is 0 Å². The first-order valence-corrected chi connectivity index (χ1v) is 7.86. The molecular weight excluding hydrogens is 394 g/mol. The van der Waals surface area contributed by atoms with Gasteiger partial charge in [0.25, 0.3) is 5.69 Å². The average Bonchev–Trinajstić information content (AvgIpc) is 2.91. The Morgan fingerprint density at radius 1 is 1.30 bits per heavy atom. The van der Waals surface area contributed by atoms with E-state index in [2.05, 4.69) is 31.9 Å². The van der Waals surface area contributed by atoms with Crippen molar-refractivity contribution in [3.8, 4) is 5.75 Å². The summed E-state index contributed by atoms with van der Waals surface area (Å²) in [4.78, 5) is 22.2. The Kier molecular flexibility index (Phi) is 5.15. The number of carbonyl (C=O) groups is 1. The van der Waals surface area contributed by atoms with Gasteiger partial charge in [-0.2, -0.15) is 0 Å². The van der Waals surface area contributed by atoms with E-state index in [1.807, 2.05) is 0 Å². The van der Waals surface area contributed by atoms with Crippen molar-refractivity contribution < 1.29 is 14.5 Å². The van der Waals surface area contributed by atoms with E-state index in [9.17, 15) is 14.9 Å². The fraction of sp³-hybridized carbons (Fsp3) is 0.462. The number of ketones is 1. The minimum atomic E-state index is -0.483. The Morgan fingerprint density at radius 3 is 2.35 bits per heavy atom.